The van der Waals surface area contributed by atoms with Gasteiger partial charge in [-0.05, 0) is 56.9 Å². The Morgan fingerprint density at radius 2 is 1.81 bits per heavy atom. The van der Waals surface area contributed by atoms with E-state index in [1.165, 1.54) is 18.2 Å². The van der Waals surface area contributed by atoms with E-state index in [0.29, 0.717) is 24.2 Å². The molecule has 0 aromatic heterocycles. The summed E-state index contributed by atoms with van der Waals surface area (Å²) in [5.74, 6) is -0.287. The van der Waals surface area contributed by atoms with Crippen molar-refractivity contribution >= 4 is 29.4 Å². The molecule has 0 N–H and O–H groups in total. The van der Waals surface area contributed by atoms with Crippen LogP contribution in [-0.4, -0.2) is 42.4 Å². The van der Waals surface area contributed by atoms with E-state index in [2.05, 4.69) is 0 Å². The number of rotatable bonds is 12. The Bertz CT molecular complexity index is 948. The van der Waals surface area contributed by atoms with Crippen molar-refractivity contribution in [3.63, 3.8) is 0 Å². The summed E-state index contributed by atoms with van der Waals surface area (Å²) in [5, 5.41) is 11.0. The summed E-state index contributed by atoms with van der Waals surface area (Å²) in [5.41, 5.74) is 0.860. The monoisotopic (exact) mass is 461 g/mol. The Labute approximate surface area is 191 Å². The van der Waals surface area contributed by atoms with Crippen LogP contribution in [0.15, 0.2) is 47.4 Å². The molecule has 2 aromatic rings. The van der Waals surface area contributed by atoms with E-state index in [0.717, 1.165) is 23.1 Å². The first kappa shape index (κ1) is 25.2. The average molecular weight is 462 g/mol. The van der Waals surface area contributed by atoms with Gasteiger partial charge in [0.15, 0.2) is 0 Å². The molecule has 0 amide bonds. The third kappa shape index (κ3) is 6.98. The predicted octanol–water partition coefficient (Wildman–Crippen LogP) is 4.83. The third-order valence-corrected chi connectivity index (χ3v) is 5.90. The summed E-state index contributed by atoms with van der Waals surface area (Å²) < 4.78 is 15.5. The maximum Gasteiger partial charge on any atom is 0.338 e. The lowest BCUT2D eigenvalue weighted by molar-refractivity contribution is -0.387. The van der Waals surface area contributed by atoms with Crippen LogP contribution in [0.1, 0.15) is 42.6 Å². The van der Waals surface area contributed by atoms with Crippen LogP contribution in [0.25, 0.3) is 0 Å². The molecule has 0 saturated carbocycles. The molecule has 0 unspecified atom stereocenters. The van der Waals surface area contributed by atoms with Gasteiger partial charge in [-0.15, -0.1) is 11.8 Å². The van der Waals surface area contributed by atoms with Gasteiger partial charge in [-0.2, -0.15) is 0 Å². The van der Waals surface area contributed by atoms with Gasteiger partial charge in [-0.25, -0.2) is 4.79 Å². The zero-order valence-corrected chi connectivity index (χ0v) is 19.2. The van der Waals surface area contributed by atoms with Crippen LogP contribution in [0.2, 0.25) is 0 Å². The van der Waals surface area contributed by atoms with Crippen molar-refractivity contribution in [3.8, 4) is 5.75 Å². The normalized spacial score (nSPS) is 11.5. The molecule has 0 aliphatic rings. The van der Waals surface area contributed by atoms with E-state index >= 15 is 0 Å². The van der Waals surface area contributed by atoms with Gasteiger partial charge in [0.2, 0.25) is 0 Å². The summed E-state index contributed by atoms with van der Waals surface area (Å²) >= 11 is 1.07. The van der Waals surface area contributed by atoms with Crippen molar-refractivity contribution in [2.24, 2.45) is 0 Å². The number of hydrogen-bond donors (Lipinski definition) is 0. The molecule has 9 heteroatoms. The smallest absolute Gasteiger partial charge is 0.338 e. The van der Waals surface area contributed by atoms with Crippen molar-refractivity contribution in [1.29, 1.82) is 0 Å². The first-order valence-electron chi connectivity index (χ1n) is 10.3. The fraction of sp³-hybridized carbons (Fsp3) is 0.391. The van der Waals surface area contributed by atoms with Crippen molar-refractivity contribution in [2.75, 3.05) is 20.3 Å². The van der Waals surface area contributed by atoms with Gasteiger partial charge >= 0.3 is 11.9 Å². The molecular formula is C23H27NO7S. The number of thioether (sulfide) groups is 1. The minimum Gasteiger partial charge on any atom is -0.496 e. The van der Waals surface area contributed by atoms with Crippen LogP contribution < -0.4 is 4.74 Å². The summed E-state index contributed by atoms with van der Waals surface area (Å²) in [6, 6.07) is 11.8. The number of methoxy groups -OCH3 is 1. The molecule has 0 heterocycles. The van der Waals surface area contributed by atoms with Crippen LogP contribution in [0.5, 0.6) is 5.75 Å². The van der Waals surface area contributed by atoms with E-state index in [4.69, 9.17) is 14.2 Å². The molecule has 0 saturated heterocycles. The van der Waals surface area contributed by atoms with Crippen molar-refractivity contribution < 1.29 is 28.7 Å². The molecule has 172 valence electrons. The number of para-hydroxylation sites is 1. The fourth-order valence-corrected chi connectivity index (χ4v) is 4.26. The largest absolute Gasteiger partial charge is 0.496 e. The Hall–Kier alpha value is -3.07. The summed E-state index contributed by atoms with van der Waals surface area (Å²) in [4.78, 5) is 35.8. The zero-order chi connectivity index (χ0) is 23.5. The highest BCUT2D eigenvalue weighted by molar-refractivity contribution is 8.00. The van der Waals surface area contributed by atoms with Crippen molar-refractivity contribution in [2.45, 2.75) is 43.3 Å². The van der Waals surface area contributed by atoms with E-state index in [-0.39, 0.29) is 24.5 Å². The second-order valence-electron chi connectivity index (χ2n) is 6.72. The topological polar surface area (TPSA) is 105 Å². The highest BCUT2D eigenvalue weighted by Crippen LogP contribution is 2.35. The number of aryl methyl sites for hydroxylation is 1. The van der Waals surface area contributed by atoms with Gasteiger partial charge in [-0.3, -0.25) is 14.9 Å². The number of ether oxygens (including phenoxy) is 3. The minimum absolute atomic E-state index is 0.0896. The lowest BCUT2D eigenvalue weighted by Crippen LogP contribution is -2.21. The molecule has 32 heavy (non-hydrogen) atoms. The van der Waals surface area contributed by atoms with E-state index in [1.807, 2.05) is 24.3 Å². The number of nitro groups is 1. The number of carbonyl (C=O) groups is 2. The number of nitrogens with zero attached hydrogens (tertiary/aromatic N) is 1. The fourth-order valence-electron chi connectivity index (χ4n) is 3.10. The van der Waals surface area contributed by atoms with Gasteiger partial charge in [0.1, 0.15) is 11.0 Å². The summed E-state index contributed by atoms with van der Waals surface area (Å²) in [6.45, 7) is 3.75. The first-order valence-corrected chi connectivity index (χ1v) is 11.2. The maximum absolute atomic E-state index is 12.5. The van der Waals surface area contributed by atoms with Crippen LogP contribution in [-0.2, 0) is 20.7 Å². The maximum atomic E-state index is 12.5. The van der Waals surface area contributed by atoms with Crippen molar-refractivity contribution in [1.82, 2.24) is 0 Å². The lowest BCUT2D eigenvalue weighted by Gasteiger charge is -2.16. The predicted molar refractivity (Wildman–Crippen MR) is 121 cm³/mol. The van der Waals surface area contributed by atoms with Gasteiger partial charge in [0.05, 0.1) is 35.7 Å². The van der Waals surface area contributed by atoms with Gasteiger partial charge in [0, 0.05) is 6.07 Å². The first-order chi connectivity index (χ1) is 15.4. The number of nitro benzene ring substituents is 1. The molecular weight excluding hydrogens is 434 g/mol. The van der Waals surface area contributed by atoms with Crippen LogP contribution in [0.3, 0.4) is 0 Å². The Morgan fingerprint density at radius 1 is 1.09 bits per heavy atom. The molecule has 2 rings (SSSR count). The molecule has 8 nitrogen and oxygen atoms in total. The standard InChI is InChI=1S/C23H27NO7S/c1-4-30-22(25)17-13-14-20(18(15-17)24(27)28)32-21(23(26)31-5-2)12-8-10-16-9-6-7-11-19(16)29-3/h6-7,9,11,13-15,21H,4-5,8,10,12H2,1-3H3/t21-/m0/s1. The quantitative estimate of drug-likeness (QED) is 0.192. The molecule has 0 bridgehead atoms. The van der Waals surface area contributed by atoms with Gasteiger partial charge in [-0.1, -0.05) is 18.2 Å². The zero-order valence-electron chi connectivity index (χ0n) is 18.4. The summed E-state index contributed by atoms with van der Waals surface area (Å²) in [7, 11) is 1.61. The molecule has 2 aromatic carbocycles. The molecule has 0 fully saturated rings. The highest BCUT2D eigenvalue weighted by Gasteiger charge is 2.26. The highest BCUT2D eigenvalue weighted by atomic mass is 32.2. The van der Waals surface area contributed by atoms with Crippen LogP contribution in [0, 0.1) is 10.1 Å². The number of hydrogen-bond acceptors (Lipinski definition) is 8. The number of carbonyl (C=O) groups excluding carboxylic acids is 2. The Balaban J connectivity index is 2.19. The van der Waals surface area contributed by atoms with E-state index in [9.17, 15) is 19.7 Å². The molecule has 0 spiro atoms. The SMILES string of the molecule is CCOC(=O)c1ccc(S[C@@H](CCCc2ccccc2OC)C(=O)OCC)c([N+](=O)[O-])c1. The summed E-state index contributed by atoms with van der Waals surface area (Å²) in [6.07, 6.45) is 1.80. The van der Waals surface area contributed by atoms with E-state index in [1.54, 1.807) is 21.0 Å². The minimum atomic E-state index is -0.633. The Morgan fingerprint density at radius 3 is 2.47 bits per heavy atom. The van der Waals surface area contributed by atoms with Gasteiger partial charge in [0.25, 0.3) is 5.69 Å². The van der Waals surface area contributed by atoms with Crippen molar-refractivity contribution in [3.05, 3.63) is 63.7 Å². The lowest BCUT2D eigenvalue weighted by atomic mass is 10.1. The Kier molecular flexibility index (Phi) is 10.0. The van der Waals surface area contributed by atoms with Crippen LogP contribution >= 0.6 is 11.8 Å². The second-order valence-corrected chi connectivity index (χ2v) is 7.97. The average Bonchev–Trinajstić information content (AvgIpc) is 2.79. The van der Waals surface area contributed by atoms with Crippen LogP contribution in [0.4, 0.5) is 5.69 Å². The molecule has 0 aliphatic heterocycles. The molecule has 1 atom stereocenters. The van der Waals surface area contributed by atoms with Gasteiger partial charge < -0.3 is 14.2 Å². The van der Waals surface area contributed by atoms with E-state index < -0.39 is 22.1 Å². The molecule has 0 aliphatic carbocycles. The second kappa shape index (κ2) is 12.7. The third-order valence-electron chi connectivity index (χ3n) is 4.59. The molecule has 0 radical (unpaired) electrons. The number of esters is 2. The number of benzene rings is 2.